The smallest absolute Gasteiger partial charge is 0.417 e. The molecule has 5 nitrogen and oxygen atoms in total. The summed E-state index contributed by atoms with van der Waals surface area (Å²) in [5.41, 5.74) is -1.89. The maximum absolute atomic E-state index is 13.0. The van der Waals surface area contributed by atoms with E-state index in [0.717, 1.165) is 17.0 Å². The monoisotopic (exact) mass is 409 g/mol. The summed E-state index contributed by atoms with van der Waals surface area (Å²) in [5.74, 6) is -0.342. The van der Waals surface area contributed by atoms with Crippen LogP contribution in [0.25, 0.3) is 11.0 Å². The van der Waals surface area contributed by atoms with Crippen molar-refractivity contribution in [2.45, 2.75) is 11.1 Å². The highest BCUT2D eigenvalue weighted by atomic mass is 32.2. The van der Waals surface area contributed by atoms with Crippen LogP contribution < -0.4 is 15.7 Å². The molecule has 28 heavy (non-hydrogen) atoms. The van der Waals surface area contributed by atoms with Crippen LogP contribution in [0.1, 0.15) is 5.56 Å². The van der Waals surface area contributed by atoms with Crippen LogP contribution in [0, 0.1) is 0 Å². The zero-order valence-electron chi connectivity index (χ0n) is 14.5. The maximum Gasteiger partial charge on any atom is 0.417 e. The largest absolute Gasteiger partial charge is 0.484 e. The number of amides is 1. The van der Waals surface area contributed by atoms with Crippen molar-refractivity contribution < 1.29 is 27.1 Å². The zero-order valence-corrected chi connectivity index (χ0v) is 15.3. The van der Waals surface area contributed by atoms with Crippen molar-refractivity contribution in [3.63, 3.8) is 0 Å². The van der Waals surface area contributed by atoms with Gasteiger partial charge in [-0.3, -0.25) is 4.79 Å². The van der Waals surface area contributed by atoms with Crippen LogP contribution in [-0.4, -0.2) is 18.8 Å². The second-order valence-corrected chi connectivity index (χ2v) is 6.58. The molecular weight excluding hydrogens is 395 g/mol. The van der Waals surface area contributed by atoms with Gasteiger partial charge in [0.05, 0.1) is 5.56 Å². The van der Waals surface area contributed by atoms with Gasteiger partial charge >= 0.3 is 11.8 Å². The Kier molecular flexibility index (Phi) is 5.64. The number of hydrogen-bond donors (Lipinski definition) is 1. The molecule has 0 aliphatic carbocycles. The molecule has 1 aromatic heterocycles. The lowest BCUT2D eigenvalue weighted by Gasteiger charge is -2.11. The lowest BCUT2D eigenvalue weighted by Crippen LogP contribution is -2.20. The van der Waals surface area contributed by atoms with Gasteiger partial charge in [-0.15, -0.1) is 11.8 Å². The first-order valence-electron chi connectivity index (χ1n) is 7.98. The van der Waals surface area contributed by atoms with E-state index in [4.69, 9.17) is 9.15 Å². The Bertz CT molecular complexity index is 1060. The highest BCUT2D eigenvalue weighted by molar-refractivity contribution is 7.98. The molecule has 0 aliphatic heterocycles. The summed E-state index contributed by atoms with van der Waals surface area (Å²) in [6.45, 7) is -0.362. The summed E-state index contributed by atoms with van der Waals surface area (Å²) in [4.78, 5) is 24.4. The topological polar surface area (TPSA) is 68.5 Å². The van der Waals surface area contributed by atoms with E-state index in [9.17, 15) is 22.8 Å². The van der Waals surface area contributed by atoms with Gasteiger partial charge in [0.1, 0.15) is 11.3 Å². The van der Waals surface area contributed by atoms with E-state index in [0.29, 0.717) is 11.8 Å². The highest BCUT2D eigenvalue weighted by Crippen LogP contribution is 2.34. The normalized spacial score (nSPS) is 11.4. The molecule has 146 valence electrons. The number of carbonyl (C=O) groups is 1. The minimum atomic E-state index is -4.69. The third-order valence-corrected chi connectivity index (χ3v) is 4.51. The SMILES string of the molecule is CSc1ccc(NC(=O)COc2ccc3c(C(F)(F)F)cc(=O)oc3c2)cc1. The molecule has 1 N–H and O–H groups in total. The van der Waals surface area contributed by atoms with Gasteiger partial charge in [0.25, 0.3) is 5.91 Å². The van der Waals surface area contributed by atoms with E-state index in [1.165, 1.54) is 6.07 Å². The lowest BCUT2D eigenvalue weighted by atomic mass is 10.1. The summed E-state index contributed by atoms with van der Waals surface area (Å²) in [5, 5.41) is 2.38. The van der Waals surface area contributed by atoms with E-state index in [1.54, 1.807) is 23.9 Å². The molecule has 2 aromatic carbocycles. The fourth-order valence-corrected chi connectivity index (χ4v) is 2.90. The first-order chi connectivity index (χ1) is 13.3. The minimum absolute atomic E-state index is 0.0999. The van der Waals surface area contributed by atoms with E-state index < -0.39 is 23.3 Å². The average Bonchev–Trinajstić information content (AvgIpc) is 2.65. The van der Waals surface area contributed by atoms with E-state index in [-0.39, 0.29) is 23.3 Å². The average molecular weight is 409 g/mol. The second kappa shape index (κ2) is 7.97. The summed E-state index contributed by atoms with van der Waals surface area (Å²) in [6, 6.07) is 11.1. The van der Waals surface area contributed by atoms with Crippen molar-refractivity contribution in [1.82, 2.24) is 0 Å². The van der Waals surface area contributed by atoms with Crippen molar-refractivity contribution >= 4 is 34.3 Å². The first-order valence-corrected chi connectivity index (χ1v) is 9.20. The fourth-order valence-electron chi connectivity index (χ4n) is 2.49. The van der Waals surface area contributed by atoms with Crippen molar-refractivity contribution in [2.75, 3.05) is 18.2 Å². The lowest BCUT2D eigenvalue weighted by molar-refractivity contribution is -0.136. The van der Waals surface area contributed by atoms with Gasteiger partial charge in [-0.05, 0) is 42.7 Å². The van der Waals surface area contributed by atoms with Crippen molar-refractivity contribution in [2.24, 2.45) is 0 Å². The standard InChI is InChI=1S/C19H14F3NO4S/c1-28-13-5-2-11(3-6-13)23-17(24)10-26-12-4-7-14-15(19(20,21)22)9-18(25)27-16(14)8-12/h2-9H,10H2,1H3,(H,23,24). The van der Waals surface area contributed by atoms with Gasteiger partial charge in [0.2, 0.25) is 0 Å². The molecule has 3 aromatic rings. The Balaban J connectivity index is 1.72. The number of hydrogen-bond acceptors (Lipinski definition) is 5. The maximum atomic E-state index is 13.0. The number of fused-ring (bicyclic) bond motifs is 1. The number of ether oxygens (including phenoxy) is 1. The molecule has 3 rings (SSSR count). The molecule has 0 aliphatic rings. The Hall–Kier alpha value is -2.94. The number of benzene rings is 2. The Labute approximate surface area is 161 Å². The Morgan fingerprint density at radius 2 is 1.86 bits per heavy atom. The molecule has 0 unspecified atom stereocenters. The van der Waals surface area contributed by atoms with Crippen LogP contribution in [0.15, 0.2) is 62.6 Å². The number of thioether (sulfide) groups is 1. The molecule has 9 heteroatoms. The highest BCUT2D eigenvalue weighted by Gasteiger charge is 2.33. The number of carbonyl (C=O) groups excluding carboxylic acids is 1. The summed E-state index contributed by atoms with van der Waals surface area (Å²) in [7, 11) is 0. The molecule has 1 heterocycles. The van der Waals surface area contributed by atoms with Crippen LogP contribution in [-0.2, 0) is 11.0 Å². The first kappa shape index (κ1) is 19.8. The second-order valence-electron chi connectivity index (χ2n) is 5.70. The number of rotatable bonds is 5. The quantitative estimate of drug-likeness (QED) is 0.495. The molecule has 1 amide bonds. The van der Waals surface area contributed by atoms with Gasteiger partial charge in [0, 0.05) is 28.1 Å². The number of anilines is 1. The van der Waals surface area contributed by atoms with Gasteiger partial charge in [-0.2, -0.15) is 13.2 Å². The molecule has 0 fully saturated rings. The predicted octanol–water partition coefficient (Wildman–Crippen LogP) is 4.55. The molecule has 0 saturated heterocycles. The van der Waals surface area contributed by atoms with Gasteiger partial charge in [0.15, 0.2) is 6.61 Å². The van der Waals surface area contributed by atoms with Crippen LogP contribution in [0.5, 0.6) is 5.75 Å². The summed E-state index contributed by atoms with van der Waals surface area (Å²) < 4.78 is 49.2. The van der Waals surface area contributed by atoms with E-state index in [2.05, 4.69) is 5.32 Å². The van der Waals surface area contributed by atoms with Gasteiger partial charge < -0.3 is 14.5 Å². The molecule has 0 bridgehead atoms. The zero-order chi connectivity index (χ0) is 20.3. The van der Waals surface area contributed by atoms with Crippen LogP contribution in [0.4, 0.5) is 18.9 Å². The molecule has 0 atom stereocenters. The predicted molar refractivity (Wildman–Crippen MR) is 99.8 cm³/mol. The van der Waals surface area contributed by atoms with Crippen molar-refractivity contribution in [3.8, 4) is 5.75 Å². The van der Waals surface area contributed by atoms with Crippen LogP contribution in [0.2, 0.25) is 0 Å². The van der Waals surface area contributed by atoms with E-state index >= 15 is 0 Å². The molecular formula is C19H14F3NO4S. The number of nitrogens with one attached hydrogen (secondary N) is 1. The summed E-state index contributed by atoms with van der Waals surface area (Å²) in [6.07, 6.45) is -2.76. The molecule has 0 radical (unpaired) electrons. The van der Waals surface area contributed by atoms with Crippen LogP contribution in [0.3, 0.4) is 0 Å². The number of halogens is 3. The number of alkyl halides is 3. The summed E-state index contributed by atoms with van der Waals surface area (Å²) >= 11 is 1.57. The Morgan fingerprint density at radius 1 is 1.14 bits per heavy atom. The van der Waals surface area contributed by atoms with E-state index in [1.807, 2.05) is 18.4 Å². The minimum Gasteiger partial charge on any atom is -0.484 e. The van der Waals surface area contributed by atoms with Crippen LogP contribution >= 0.6 is 11.8 Å². The van der Waals surface area contributed by atoms with Crippen molar-refractivity contribution in [1.29, 1.82) is 0 Å². The Morgan fingerprint density at radius 3 is 2.50 bits per heavy atom. The molecule has 0 spiro atoms. The van der Waals surface area contributed by atoms with Gasteiger partial charge in [-0.25, -0.2) is 4.79 Å². The van der Waals surface area contributed by atoms with Gasteiger partial charge in [-0.1, -0.05) is 0 Å². The third kappa shape index (κ3) is 4.66. The third-order valence-electron chi connectivity index (χ3n) is 3.77. The fraction of sp³-hybridized carbons (Fsp3) is 0.158. The van der Waals surface area contributed by atoms with Crippen molar-refractivity contribution in [3.05, 3.63) is 64.5 Å². The molecule has 0 saturated carbocycles.